The Morgan fingerprint density at radius 1 is 1.19 bits per heavy atom. The minimum atomic E-state index is 0.0614. The van der Waals surface area contributed by atoms with Crippen LogP contribution in [0.4, 0.5) is 5.13 Å². The molecule has 1 aromatic heterocycles. The fourth-order valence-electron chi connectivity index (χ4n) is 2.74. The van der Waals surface area contributed by atoms with Gasteiger partial charge in [0.05, 0.1) is 0 Å². The summed E-state index contributed by atoms with van der Waals surface area (Å²) in [5, 5.41) is 11.9. The second-order valence-electron chi connectivity index (χ2n) is 7.85. The fourth-order valence-corrected chi connectivity index (χ4v) is 4.45. The first-order valence-corrected chi connectivity index (χ1v) is 11.5. The van der Waals surface area contributed by atoms with E-state index in [1.165, 1.54) is 22.5 Å². The third-order valence-corrected chi connectivity index (χ3v) is 6.63. The second kappa shape index (κ2) is 10.2. The number of carbonyl (C=O) groups is 1. The van der Waals surface area contributed by atoms with Gasteiger partial charge in [0.1, 0.15) is 0 Å². The molecule has 1 amide bonds. The summed E-state index contributed by atoms with van der Waals surface area (Å²) < 4.78 is 0.881. The Kier molecular flexibility index (Phi) is 8.29. The highest BCUT2D eigenvalue weighted by molar-refractivity contribution is 8.00. The Balaban J connectivity index is 1.87. The first-order chi connectivity index (χ1) is 12.8. The summed E-state index contributed by atoms with van der Waals surface area (Å²) in [5.41, 5.74) is 2.77. The molecule has 27 heavy (non-hydrogen) atoms. The third kappa shape index (κ3) is 6.92. The van der Waals surface area contributed by atoms with Crippen molar-refractivity contribution < 1.29 is 4.79 Å². The van der Waals surface area contributed by atoms with Gasteiger partial charge in [0.2, 0.25) is 11.0 Å². The molecule has 4 nitrogen and oxygen atoms in total. The monoisotopic (exact) mass is 405 g/mol. The molecule has 148 valence electrons. The number of carbonyl (C=O) groups excluding carboxylic acids is 1. The van der Waals surface area contributed by atoms with E-state index in [1.807, 2.05) is 0 Å². The van der Waals surface area contributed by atoms with Crippen LogP contribution < -0.4 is 5.32 Å². The molecule has 1 unspecified atom stereocenters. The summed E-state index contributed by atoms with van der Waals surface area (Å²) in [6.45, 7) is 10.9. The molecular formula is C21H31N3OS2. The van der Waals surface area contributed by atoms with Crippen LogP contribution in [0.5, 0.6) is 0 Å². The highest BCUT2D eigenvalue weighted by Crippen LogP contribution is 2.30. The second-order valence-corrected chi connectivity index (χ2v) is 10.0. The average Bonchev–Trinajstić information content (AvgIpc) is 3.07. The van der Waals surface area contributed by atoms with Crippen molar-refractivity contribution in [2.45, 2.75) is 75.8 Å². The number of nitrogens with zero attached hydrogens (tertiary/aromatic N) is 2. The van der Waals surface area contributed by atoms with Crippen LogP contribution in [0.15, 0.2) is 28.6 Å². The smallest absolute Gasteiger partial charge is 0.229 e. The molecule has 1 atom stereocenters. The Bertz CT molecular complexity index is 720. The zero-order chi connectivity index (χ0) is 19.9. The van der Waals surface area contributed by atoms with Gasteiger partial charge in [-0.3, -0.25) is 4.79 Å². The molecule has 0 saturated carbocycles. The van der Waals surface area contributed by atoms with Crippen molar-refractivity contribution in [3.63, 3.8) is 0 Å². The lowest BCUT2D eigenvalue weighted by Gasteiger charge is -2.19. The highest BCUT2D eigenvalue weighted by Gasteiger charge is 2.18. The molecule has 2 rings (SSSR count). The minimum Gasteiger partial charge on any atom is -0.300 e. The Morgan fingerprint density at radius 3 is 2.48 bits per heavy atom. The molecule has 0 aliphatic rings. The summed E-state index contributed by atoms with van der Waals surface area (Å²) >= 11 is 3.10. The number of nitrogens with one attached hydrogen (secondary N) is 1. The number of rotatable bonds is 9. The normalized spacial score (nSPS) is 12.8. The number of aromatic nitrogens is 2. The first kappa shape index (κ1) is 21.9. The lowest BCUT2D eigenvalue weighted by atomic mass is 9.87. The van der Waals surface area contributed by atoms with E-state index in [1.54, 1.807) is 11.8 Å². The van der Waals surface area contributed by atoms with Crippen molar-refractivity contribution in [2.24, 2.45) is 5.92 Å². The number of amides is 1. The maximum atomic E-state index is 12.4. The zero-order valence-electron chi connectivity index (χ0n) is 17.0. The standard InChI is InChI=1S/C21H31N3OS2/c1-6-8-9-16(7-2)18(25)22-19-23-24-20(27-19)26-14-15-10-12-17(13-11-15)21(3,4)5/h10-13,16H,6-9,14H2,1-5H3,(H,22,23,25). The van der Waals surface area contributed by atoms with Crippen LogP contribution in [0, 0.1) is 5.92 Å². The fraction of sp³-hybridized carbons (Fsp3) is 0.571. The van der Waals surface area contributed by atoms with E-state index < -0.39 is 0 Å². The third-order valence-electron chi connectivity index (χ3n) is 4.59. The molecule has 0 saturated heterocycles. The Morgan fingerprint density at radius 2 is 1.89 bits per heavy atom. The van der Waals surface area contributed by atoms with Crippen LogP contribution in [0.25, 0.3) is 0 Å². The number of unbranched alkanes of at least 4 members (excludes halogenated alkanes) is 1. The predicted octanol–water partition coefficient (Wildman–Crippen LogP) is 6.28. The van der Waals surface area contributed by atoms with Gasteiger partial charge in [-0.15, -0.1) is 10.2 Å². The molecular weight excluding hydrogens is 374 g/mol. The van der Waals surface area contributed by atoms with Gasteiger partial charge < -0.3 is 5.32 Å². The molecule has 2 aromatic rings. The van der Waals surface area contributed by atoms with E-state index >= 15 is 0 Å². The maximum Gasteiger partial charge on any atom is 0.229 e. The number of hydrogen-bond acceptors (Lipinski definition) is 5. The number of benzene rings is 1. The lowest BCUT2D eigenvalue weighted by molar-refractivity contribution is -0.120. The van der Waals surface area contributed by atoms with Crippen LogP contribution in [0.1, 0.15) is 71.4 Å². The quantitative estimate of drug-likeness (QED) is 0.394. The van der Waals surface area contributed by atoms with Gasteiger partial charge in [0, 0.05) is 11.7 Å². The topological polar surface area (TPSA) is 54.9 Å². The van der Waals surface area contributed by atoms with E-state index in [-0.39, 0.29) is 17.2 Å². The van der Waals surface area contributed by atoms with Gasteiger partial charge in [-0.2, -0.15) is 0 Å². The molecule has 1 heterocycles. The van der Waals surface area contributed by atoms with Crippen LogP contribution >= 0.6 is 23.1 Å². The highest BCUT2D eigenvalue weighted by atomic mass is 32.2. The van der Waals surface area contributed by atoms with E-state index in [4.69, 9.17) is 0 Å². The largest absolute Gasteiger partial charge is 0.300 e. The molecule has 0 radical (unpaired) electrons. The zero-order valence-corrected chi connectivity index (χ0v) is 18.7. The van der Waals surface area contributed by atoms with Crippen molar-refractivity contribution in [2.75, 3.05) is 5.32 Å². The van der Waals surface area contributed by atoms with Crippen molar-refractivity contribution in [3.8, 4) is 0 Å². The van der Waals surface area contributed by atoms with E-state index in [2.05, 4.69) is 74.4 Å². The van der Waals surface area contributed by atoms with Crippen molar-refractivity contribution in [1.29, 1.82) is 0 Å². The molecule has 1 N–H and O–H groups in total. The van der Waals surface area contributed by atoms with Gasteiger partial charge in [-0.1, -0.05) is 94.8 Å². The van der Waals surface area contributed by atoms with Gasteiger partial charge in [0.15, 0.2) is 4.34 Å². The Labute approximate surface area is 171 Å². The lowest BCUT2D eigenvalue weighted by Crippen LogP contribution is -2.22. The molecule has 0 fully saturated rings. The van der Waals surface area contributed by atoms with Crippen LogP contribution in [-0.2, 0) is 16.0 Å². The predicted molar refractivity (Wildman–Crippen MR) is 117 cm³/mol. The summed E-state index contributed by atoms with van der Waals surface area (Å²) in [5.74, 6) is 0.976. The summed E-state index contributed by atoms with van der Waals surface area (Å²) in [7, 11) is 0. The van der Waals surface area contributed by atoms with Crippen molar-refractivity contribution in [3.05, 3.63) is 35.4 Å². The summed E-state index contributed by atoms with van der Waals surface area (Å²) in [6.07, 6.45) is 3.98. The molecule has 0 aliphatic carbocycles. The maximum absolute atomic E-state index is 12.4. The average molecular weight is 406 g/mol. The van der Waals surface area contributed by atoms with Crippen LogP contribution in [0.2, 0.25) is 0 Å². The minimum absolute atomic E-state index is 0.0614. The SMILES string of the molecule is CCCCC(CC)C(=O)Nc1nnc(SCc2ccc(C(C)(C)C)cc2)s1. The molecule has 0 bridgehead atoms. The van der Waals surface area contributed by atoms with Gasteiger partial charge in [-0.05, 0) is 29.4 Å². The summed E-state index contributed by atoms with van der Waals surface area (Å²) in [4.78, 5) is 12.4. The summed E-state index contributed by atoms with van der Waals surface area (Å²) in [6, 6.07) is 8.75. The van der Waals surface area contributed by atoms with Gasteiger partial charge >= 0.3 is 0 Å². The van der Waals surface area contributed by atoms with E-state index in [9.17, 15) is 4.79 Å². The van der Waals surface area contributed by atoms with Crippen molar-refractivity contribution >= 4 is 34.1 Å². The number of hydrogen-bond donors (Lipinski definition) is 1. The molecule has 0 spiro atoms. The van der Waals surface area contributed by atoms with Crippen LogP contribution in [0.3, 0.4) is 0 Å². The van der Waals surface area contributed by atoms with Crippen molar-refractivity contribution in [1.82, 2.24) is 10.2 Å². The van der Waals surface area contributed by atoms with Gasteiger partial charge in [-0.25, -0.2) is 0 Å². The molecule has 1 aromatic carbocycles. The molecule has 0 aliphatic heterocycles. The Hall–Kier alpha value is -1.40. The number of anilines is 1. The van der Waals surface area contributed by atoms with Crippen LogP contribution in [-0.4, -0.2) is 16.1 Å². The first-order valence-electron chi connectivity index (χ1n) is 9.70. The van der Waals surface area contributed by atoms with E-state index in [0.29, 0.717) is 5.13 Å². The van der Waals surface area contributed by atoms with Gasteiger partial charge in [0.25, 0.3) is 0 Å². The van der Waals surface area contributed by atoms with E-state index in [0.717, 1.165) is 35.8 Å². The molecule has 6 heteroatoms. The number of thioether (sulfide) groups is 1.